The molecule has 0 atom stereocenters. The molecular formula is C33H31NO5. The van der Waals surface area contributed by atoms with Crippen molar-refractivity contribution < 1.29 is 18.4 Å². The molecule has 6 heteroatoms. The normalized spacial score (nSPS) is 14.2. The van der Waals surface area contributed by atoms with E-state index in [1.54, 1.807) is 12.1 Å². The van der Waals surface area contributed by atoms with Gasteiger partial charge in [-0.15, -0.1) is 0 Å². The number of hydrogen-bond acceptors (Lipinski definition) is 6. The summed E-state index contributed by atoms with van der Waals surface area (Å²) < 4.78 is 17.9. The van der Waals surface area contributed by atoms with Crippen molar-refractivity contribution in [2.24, 2.45) is 0 Å². The molecule has 198 valence electrons. The second-order valence-corrected chi connectivity index (χ2v) is 10.2. The predicted octanol–water partition coefficient (Wildman–Crippen LogP) is 7.00. The topological polar surface area (TPSA) is 72.9 Å². The number of piperidine rings is 1. The van der Waals surface area contributed by atoms with Gasteiger partial charge in [0.2, 0.25) is 5.78 Å². The molecule has 0 spiro atoms. The lowest BCUT2D eigenvalue weighted by molar-refractivity contribution is 0.101. The van der Waals surface area contributed by atoms with Crippen LogP contribution >= 0.6 is 0 Å². The van der Waals surface area contributed by atoms with Crippen molar-refractivity contribution in [2.75, 3.05) is 26.2 Å². The summed E-state index contributed by atoms with van der Waals surface area (Å²) in [5, 5.41) is 1.42. The summed E-state index contributed by atoms with van der Waals surface area (Å²) in [5.41, 5.74) is 3.17. The van der Waals surface area contributed by atoms with E-state index in [-0.39, 0.29) is 11.5 Å². The van der Waals surface area contributed by atoms with Crippen LogP contribution in [0.4, 0.5) is 0 Å². The van der Waals surface area contributed by atoms with E-state index in [9.17, 15) is 9.59 Å². The van der Waals surface area contributed by atoms with Gasteiger partial charge in [0.25, 0.3) is 0 Å². The third-order valence-corrected chi connectivity index (χ3v) is 7.47. The lowest BCUT2D eigenvalue weighted by Gasteiger charge is -2.26. The molecule has 0 unspecified atom stereocenters. The molecule has 0 N–H and O–H groups in total. The molecule has 1 fully saturated rings. The fourth-order valence-corrected chi connectivity index (χ4v) is 5.52. The van der Waals surface area contributed by atoms with E-state index in [1.165, 1.54) is 38.4 Å². The summed E-state index contributed by atoms with van der Waals surface area (Å²) >= 11 is 0. The van der Waals surface area contributed by atoms with Gasteiger partial charge in [0.15, 0.2) is 5.76 Å². The van der Waals surface area contributed by atoms with E-state index in [0.29, 0.717) is 40.0 Å². The highest BCUT2D eigenvalue weighted by atomic mass is 16.5. The molecule has 0 aliphatic carbocycles. The monoisotopic (exact) mass is 521 g/mol. The minimum atomic E-state index is -0.439. The minimum Gasteiger partial charge on any atom is -0.494 e. The molecule has 6 rings (SSSR count). The first kappa shape index (κ1) is 25.1. The Labute approximate surface area is 226 Å². The Kier molecular flexibility index (Phi) is 7.03. The van der Waals surface area contributed by atoms with Gasteiger partial charge in [0, 0.05) is 29.1 Å². The predicted molar refractivity (Wildman–Crippen MR) is 153 cm³/mol. The number of hydrogen-bond donors (Lipinski definition) is 0. The van der Waals surface area contributed by atoms with Crippen molar-refractivity contribution in [1.82, 2.24) is 4.90 Å². The summed E-state index contributed by atoms with van der Waals surface area (Å²) in [5.74, 6) is 0.603. The fraction of sp³-hybridized carbons (Fsp3) is 0.273. The molecule has 1 aliphatic heterocycles. The van der Waals surface area contributed by atoms with Crippen molar-refractivity contribution in [2.45, 2.75) is 32.6 Å². The van der Waals surface area contributed by atoms with Crippen LogP contribution in [0.25, 0.3) is 33.1 Å². The molecule has 0 radical (unpaired) electrons. The zero-order chi connectivity index (χ0) is 26.8. The van der Waals surface area contributed by atoms with Gasteiger partial charge in [-0.25, -0.2) is 4.79 Å². The van der Waals surface area contributed by atoms with Crippen LogP contribution in [0.2, 0.25) is 0 Å². The summed E-state index contributed by atoms with van der Waals surface area (Å²) in [4.78, 5) is 28.7. The molecule has 0 saturated carbocycles. The first-order valence-electron chi connectivity index (χ1n) is 13.6. The van der Waals surface area contributed by atoms with E-state index < -0.39 is 5.63 Å². The van der Waals surface area contributed by atoms with Crippen LogP contribution in [0.1, 0.15) is 47.4 Å². The van der Waals surface area contributed by atoms with Crippen LogP contribution in [0, 0.1) is 6.92 Å². The molecule has 1 aliphatic rings. The molecular weight excluding hydrogens is 490 g/mol. The number of benzene rings is 3. The number of likely N-dealkylation sites (tertiary alicyclic amines) is 1. The van der Waals surface area contributed by atoms with Crippen LogP contribution < -0.4 is 10.4 Å². The quantitative estimate of drug-likeness (QED) is 0.124. The highest BCUT2D eigenvalue weighted by Crippen LogP contribution is 2.40. The van der Waals surface area contributed by atoms with Gasteiger partial charge >= 0.3 is 5.63 Å². The molecule has 3 aromatic carbocycles. The van der Waals surface area contributed by atoms with E-state index in [2.05, 4.69) is 4.90 Å². The van der Waals surface area contributed by atoms with Crippen molar-refractivity contribution in [3.63, 3.8) is 0 Å². The molecule has 3 heterocycles. The zero-order valence-electron chi connectivity index (χ0n) is 22.1. The Hall–Kier alpha value is -4.16. The number of nitrogens with zero attached hydrogens (tertiary/aromatic N) is 1. The Morgan fingerprint density at radius 1 is 0.923 bits per heavy atom. The van der Waals surface area contributed by atoms with Crippen molar-refractivity contribution in [3.05, 3.63) is 100 Å². The Bertz CT molecular complexity index is 1690. The number of ether oxygens (including phenoxy) is 1. The van der Waals surface area contributed by atoms with Crippen LogP contribution in [0.3, 0.4) is 0 Å². The van der Waals surface area contributed by atoms with Crippen molar-refractivity contribution in [1.29, 1.82) is 0 Å². The van der Waals surface area contributed by atoms with Crippen LogP contribution in [0.15, 0.2) is 86.4 Å². The standard InChI is InChI=1S/C33H31NO5/c1-22-20-28(35)39-32-26(22)14-15-27-30(32)29(23-10-4-2-5-11-23)33(38-27)31(36)24-12-8-13-25(21-24)37-19-9-18-34-16-6-3-7-17-34/h2,4-5,8,10-15,20-21H,3,6-7,9,16-19H2,1H3. The average molecular weight is 522 g/mol. The highest BCUT2D eigenvalue weighted by molar-refractivity contribution is 6.20. The minimum absolute atomic E-state index is 0.204. The lowest BCUT2D eigenvalue weighted by Crippen LogP contribution is -2.31. The second kappa shape index (κ2) is 10.9. The van der Waals surface area contributed by atoms with Gasteiger partial charge in [-0.05, 0) is 74.7 Å². The van der Waals surface area contributed by atoms with Crippen LogP contribution in [-0.2, 0) is 0 Å². The molecule has 0 bridgehead atoms. The van der Waals surface area contributed by atoms with Gasteiger partial charge in [-0.1, -0.05) is 48.9 Å². The lowest BCUT2D eigenvalue weighted by atomic mass is 9.96. The largest absolute Gasteiger partial charge is 0.494 e. The van der Waals surface area contributed by atoms with Crippen LogP contribution in [0.5, 0.6) is 5.75 Å². The third-order valence-electron chi connectivity index (χ3n) is 7.47. The number of carbonyl (C=O) groups excluding carboxylic acids is 1. The highest BCUT2D eigenvalue weighted by Gasteiger charge is 2.26. The SMILES string of the molecule is Cc1cc(=O)oc2c1ccc1oc(C(=O)c3cccc(OCCCN4CCCCC4)c3)c(-c3ccccc3)c12. The number of furan rings is 1. The molecule has 39 heavy (non-hydrogen) atoms. The first-order chi connectivity index (χ1) is 19.1. The summed E-state index contributed by atoms with van der Waals surface area (Å²) in [6.45, 7) is 5.84. The maximum atomic E-state index is 13.9. The summed E-state index contributed by atoms with van der Waals surface area (Å²) in [6, 6.07) is 22.0. The zero-order valence-corrected chi connectivity index (χ0v) is 22.1. The van der Waals surface area contributed by atoms with E-state index in [0.717, 1.165) is 29.5 Å². The average Bonchev–Trinajstić information content (AvgIpc) is 3.36. The third kappa shape index (κ3) is 5.12. The Morgan fingerprint density at radius 2 is 1.74 bits per heavy atom. The summed E-state index contributed by atoms with van der Waals surface area (Å²) in [6.07, 6.45) is 4.82. The molecule has 2 aromatic heterocycles. The van der Waals surface area contributed by atoms with Crippen LogP contribution in [-0.4, -0.2) is 36.9 Å². The van der Waals surface area contributed by atoms with Gasteiger partial charge in [0.1, 0.15) is 16.9 Å². The number of aryl methyl sites for hydroxylation is 1. The van der Waals surface area contributed by atoms with Gasteiger partial charge < -0.3 is 18.5 Å². The van der Waals surface area contributed by atoms with Crippen molar-refractivity contribution in [3.8, 4) is 16.9 Å². The smallest absolute Gasteiger partial charge is 0.336 e. The molecule has 1 saturated heterocycles. The fourth-order valence-electron chi connectivity index (χ4n) is 5.52. The number of carbonyl (C=O) groups is 1. The first-order valence-corrected chi connectivity index (χ1v) is 13.6. The van der Waals surface area contributed by atoms with E-state index in [1.807, 2.05) is 61.5 Å². The van der Waals surface area contributed by atoms with Crippen molar-refractivity contribution >= 4 is 27.7 Å². The summed E-state index contributed by atoms with van der Waals surface area (Å²) in [7, 11) is 0. The van der Waals surface area contributed by atoms with Gasteiger partial charge in [-0.2, -0.15) is 0 Å². The van der Waals surface area contributed by atoms with Gasteiger partial charge in [-0.3, -0.25) is 4.79 Å². The number of rotatable bonds is 8. The Morgan fingerprint density at radius 3 is 2.56 bits per heavy atom. The maximum Gasteiger partial charge on any atom is 0.336 e. The number of ketones is 1. The molecule has 6 nitrogen and oxygen atoms in total. The molecule has 0 amide bonds. The van der Waals surface area contributed by atoms with Gasteiger partial charge in [0.05, 0.1) is 12.0 Å². The number of fused-ring (bicyclic) bond motifs is 3. The molecule has 5 aromatic rings. The maximum absolute atomic E-state index is 13.9. The van der Waals surface area contributed by atoms with E-state index in [4.69, 9.17) is 13.6 Å². The second-order valence-electron chi connectivity index (χ2n) is 10.2. The Balaban J connectivity index is 1.35. The van der Waals surface area contributed by atoms with E-state index >= 15 is 0 Å².